The predicted octanol–water partition coefficient (Wildman–Crippen LogP) is 1.24. The van der Waals surface area contributed by atoms with Crippen molar-refractivity contribution in [3.05, 3.63) is 46.4 Å². The smallest absolute Gasteiger partial charge is 0.475 e. The van der Waals surface area contributed by atoms with Crippen LogP contribution >= 0.6 is 0 Å². The third-order valence-corrected chi connectivity index (χ3v) is 4.42. The molecule has 2 aromatic heterocycles. The van der Waals surface area contributed by atoms with Gasteiger partial charge >= 0.3 is 12.1 Å². The van der Waals surface area contributed by atoms with E-state index in [1.165, 1.54) is 0 Å². The number of carbonyl (C=O) groups is 2. The highest BCUT2D eigenvalue weighted by atomic mass is 19.4. The zero-order valence-corrected chi connectivity index (χ0v) is 15.6. The number of aliphatic carboxylic acids is 1. The van der Waals surface area contributed by atoms with Gasteiger partial charge in [-0.3, -0.25) is 9.59 Å². The first-order chi connectivity index (χ1) is 14.2. The van der Waals surface area contributed by atoms with E-state index >= 15 is 0 Å². The molecule has 0 aliphatic carbocycles. The molecule has 12 heteroatoms. The number of hydrogen-bond donors (Lipinski definition) is 3. The molecule has 0 spiro atoms. The molecule has 1 amide bonds. The number of halogens is 3. The van der Waals surface area contributed by atoms with E-state index in [9.17, 15) is 22.8 Å². The van der Waals surface area contributed by atoms with Crippen molar-refractivity contribution in [1.29, 1.82) is 0 Å². The highest BCUT2D eigenvalue weighted by Crippen LogP contribution is 2.14. The standard InChI is InChI=1S/C16H17N5O2.C2HF3O2/c22-15-11-4-1-2-5-13(11)21-14(18-15)10-12(19-21)16(23)20-8-3-6-17-7-9-20;3-2(4,5)1(6)7/h1-2,4-5,10,17H,3,6-9H2,(H,18,22);(H,6,7). The van der Waals surface area contributed by atoms with Gasteiger partial charge in [-0.05, 0) is 25.1 Å². The zero-order chi connectivity index (χ0) is 21.9. The van der Waals surface area contributed by atoms with E-state index in [1.807, 2.05) is 23.1 Å². The SMILES string of the molecule is O=C(O)C(F)(F)F.O=C(c1cc2[nH]c(=O)c3ccccc3n2n1)N1CCCNCC1. The van der Waals surface area contributed by atoms with Gasteiger partial charge in [0.05, 0.1) is 10.9 Å². The van der Waals surface area contributed by atoms with Gasteiger partial charge < -0.3 is 20.3 Å². The number of nitrogens with one attached hydrogen (secondary N) is 2. The topological polar surface area (TPSA) is 120 Å². The number of rotatable bonds is 1. The largest absolute Gasteiger partial charge is 0.490 e. The van der Waals surface area contributed by atoms with E-state index in [2.05, 4.69) is 15.4 Å². The number of carboxylic acids is 1. The number of benzene rings is 1. The summed E-state index contributed by atoms with van der Waals surface area (Å²) >= 11 is 0. The summed E-state index contributed by atoms with van der Waals surface area (Å²) in [6.07, 6.45) is -4.15. The zero-order valence-electron chi connectivity index (χ0n) is 15.6. The quantitative estimate of drug-likeness (QED) is 0.540. The molecule has 0 saturated carbocycles. The van der Waals surface area contributed by atoms with E-state index in [1.54, 1.807) is 16.6 Å². The molecule has 0 bridgehead atoms. The van der Waals surface area contributed by atoms with Crippen LogP contribution in [-0.2, 0) is 4.79 Å². The van der Waals surface area contributed by atoms with Crippen LogP contribution in [0.2, 0.25) is 0 Å². The molecule has 1 aromatic carbocycles. The second kappa shape index (κ2) is 8.53. The number of amides is 1. The first-order valence-electron chi connectivity index (χ1n) is 8.99. The van der Waals surface area contributed by atoms with Crippen LogP contribution in [0.3, 0.4) is 0 Å². The number of carboxylic acid groups (broad SMARTS) is 1. The van der Waals surface area contributed by atoms with Gasteiger partial charge in [-0.2, -0.15) is 18.3 Å². The number of H-pyrrole nitrogens is 1. The normalized spacial score (nSPS) is 14.8. The average molecular weight is 425 g/mol. The number of carbonyl (C=O) groups excluding carboxylic acids is 1. The number of hydrogen-bond acceptors (Lipinski definition) is 5. The Hall–Kier alpha value is -3.41. The summed E-state index contributed by atoms with van der Waals surface area (Å²) in [5.41, 5.74) is 1.41. The predicted molar refractivity (Wildman–Crippen MR) is 100 cm³/mol. The molecular formula is C18H18F3N5O4. The van der Waals surface area contributed by atoms with Gasteiger partial charge in [-0.15, -0.1) is 0 Å². The Morgan fingerprint density at radius 1 is 1.13 bits per heavy atom. The van der Waals surface area contributed by atoms with E-state index in [-0.39, 0.29) is 11.5 Å². The fourth-order valence-corrected chi connectivity index (χ4v) is 3.00. The highest BCUT2D eigenvalue weighted by molar-refractivity contribution is 5.94. The van der Waals surface area contributed by atoms with E-state index in [0.29, 0.717) is 28.8 Å². The van der Waals surface area contributed by atoms with Crippen LogP contribution in [0.25, 0.3) is 16.6 Å². The molecule has 30 heavy (non-hydrogen) atoms. The lowest BCUT2D eigenvalue weighted by atomic mass is 10.2. The Bertz CT molecular complexity index is 1130. The van der Waals surface area contributed by atoms with E-state index in [0.717, 1.165) is 26.1 Å². The van der Waals surface area contributed by atoms with E-state index < -0.39 is 12.1 Å². The Morgan fingerprint density at radius 3 is 2.53 bits per heavy atom. The maximum Gasteiger partial charge on any atom is 0.490 e. The maximum atomic E-state index is 12.7. The van der Waals surface area contributed by atoms with Crippen molar-refractivity contribution >= 4 is 28.4 Å². The van der Waals surface area contributed by atoms with Crippen molar-refractivity contribution in [2.24, 2.45) is 0 Å². The monoisotopic (exact) mass is 425 g/mol. The molecule has 0 unspecified atom stereocenters. The summed E-state index contributed by atoms with van der Waals surface area (Å²) < 4.78 is 33.4. The average Bonchev–Trinajstić information content (AvgIpc) is 2.93. The summed E-state index contributed by atoms with van der Waals surface area (Å²) in [4.78, 5) is 38.3. The minimum absolute atomic E-state index is 0.0951. The van der Waals surface area contributed by atoms with E-state index in [4.69, 9.17) is 9.90 Å². The number of nitrogens with zero attached hydrogens (tertiary/aromatic N) is 3. The Kier molecular flexibility index (Phi) is 6.06. The van der Waals surface area contributed by atoms with Gasteiger partial charge in [0, 0.05) is 25.7 Å². The molecular weight excluding hydrogens is 407 g/mol. The summed E-state index contributed by atoms with van der Waals surface area (Å²) in [6.45, 7) is 3.10. The van der Waals surface area contributed by atoms with Crippen LogP contribution in [0, 0.1) is 0 Å². The van der Waals surface area contributed by atoms with Crippen molar-refractivity contribution in [1.82, 2.24) is 24.8 Å². The molecule has 9 nitrogen and oxygen atoms in total. The third-order valence-electron chi connectivity index (χ3n) is 4.42. The van der Waals surface area contributed by atoms with Crippen LogP contribution in [0.5, 0.6) is 0 Å². The number of aromatic amines is 1. The molecule has 0 radical (unpaired) electrons. The molecule has 4 rings (SSSR count). The van der Waals surface area contributed by atoms with Gasteiger partial charge in [-0.25, -0.2) is 9.31 Å². The fourth-order valence-electron chi connectivity index (χ4n) is 3.00. The molecule has 3 aromatic rings. The lowest BCUT2D eigenvalue weighted by molar-refractivity contribution is -0.192. The summed E-state index contributed by atoms with van der Waals surface area (Å²) in [6, 6.07) is 8.88. The Morgan fingerprint density at radius 2 is 1.83 bits per heavy atom. The van der Waals surface area contributed by atoms with Crippen molar-refractivity contribution < 1.29 is 27.9 Å². The minimum Gasteiger partial charge on any atom is -0.475 e. The fraction of sp³-hybridized carbons (Fsp3) is 0.333. The van der Waals surface area contributed by atoms with Crippen LogP contribution in [0.4, 0.5) is 13.2 Å². The van der Waals surface area contributed by atoms with Crippen molar-refractivity contribution in [2.45, 2.75) is 12.6 Å². The molecule has 1 saturated heterocycles. The maximum absolute atomic E-state index is 12.7. The van der Waals surface area contributed by atoms with Gasteiger partial charge in [0.25, 0.3) is 11.5 Å². The highest BCUT2D eigenvalue weighted by Gasteiger charge is 2.38. The summed E-state index contributed by atoms with van der Waals surface area (Å²) in [5, 5.41) is 15.4. The van der Waals surface area contributed by atoms with Crippen molar-refractivity contribution in [3.63, 3.8) is 0 Å². The number of fused-ring (bicyclic) bond motifs is 3. The van der Waals surface area contributed by atoms with Gasteiger partial charge in [0.15, 0.2) is 5.69 Å². The Labute approximate surface area is 167 Å². The molecule has 3 heterocycles. The lowest BCUT2D eigenvalue weighted by Gasteiger charge is -2.18. The van der Waals surface area contributed by atoms with Crippen LogP contribution < -0.4 is 10.9 Å². The second-order valence-corrected chi connectivity index (χ2v) is 6.50. The molecule has 1 aliphatic rings. The van der Waals surface area contributed by atoms with Gasteiger partial charge in [0.1, 0.15) is 5.65 Å². The number of alkyl halides is 3. The Balaban J connectivity index is 0.000000318. The number of aromatic nitrogens is 3. The summed E-state index contributed by atoms with van der Waals surface area (Å²) in [7, 11) is 0. The van der Waals surface area contributed by atoms with Gasteiger partial charge in [0.2, 0.25) is 0 Å². The van der Waals surface area contributed by atoms with Crippen LogP contribution in [-0.4, -0.2) is 68.8 Å². The number of para-hydroxylation sites is 1. The van der Waals surface area contributed by atoms with Crippen LogP contribution in [0.15, 0.2) is 35.1 Å². The first-order valence-corrected chi connectivity index (χ1v) is 8.99. The van der Waals surface area contributed by atoms with Gasteiger partial charge in [-0.1, -0.05) is 12.1 Å². The molecule has 0 atom stereocenters. The summed E-state index contributed by atoms with van der Waals surface area (Å²) in [5.74, 6) is -2.85. The molecule has 1 aliphatic heterocycles. The van der Waals surface area contributed by atoms with Crippen molar-refractivity contribution in [2.75, 3.05) is 26.2 Å². The second-order valence-electron chi connectivity index (χ2n) is 6.50. The molecule has 160 valence electrons. The van der Waals surface area contributed by atoms with Crippen LogP contribution in [0.1, 0.15) is 16.9 Å². The first kappa shape index (κ1) is 21.3. The molecule has 1 fully saturated rings. The third kappa shape index (κ3) is 4.59. The lowest BCUT2D eigenvalue weighted by Crippen LogP contribution is -2.34. The van der Waals surface area contributed by atoms with Crippen molar-refractivity contribution in [3.8, 4) is 0 Å². The molecule has 3 N–H and O–H groups in total. The minimum atomic E-state index is -5.08.